The molecule has 0 aliphatic carbocycles. The second-order valence-corrected chi connectivity index (χ2v) is 6.88. The van der Waals surface area contributed by atoms with Gasteiger partial charge in [-0.05, 0) is 56.8 Å². The van der Waals surface area contributed by atoms with Gasteiger partial charge in [0.25, 0.3) is 0 Å². The normalized spacial score (nSPS) is 15.5. The van der Waals surface area contributed by atoms with Gasteiger partial charge in [0.1, 0.15) is 0 Å². The molecule has 1 aromatic rings. The standard InChI is InChI=1S/C15H23Cl2N/c1-10(9-18-15(3,4)5)11(2)12-6-7-13(16)14(17)8-12/h6-8,10-11,18H,9H2,1-5H3. The van der Waals surface area contributed by atoms with Crippen LogP contribution in [-0.4, -0.2) is 12.1 Å². The molecule has 18 heavy (non-hydrogen) atoms. The highest BCUT2D eigenvalue weighted by molar-refractivity contribution is 6.42. The molecule has 0 saturated carbocycles. The third kappa shape index (κ3) is 4.79. The summed E-state index contributed by atoms with van der Waals surface area (Å²) in [5, 5.41) is 4.79. The molecule has 0 aromatic heterocycles. The van der Waals surface area contributed by atoms with Gasteiger partial charge in [-0.25, -0.2) is 0 Å². The molecule has 0 saturated heterocycles. The average Bonchev–Trinajstić information content (AvgIpc) is 2.27. The van der Waals surface area contributed by atoms with Gasteiger partial charge < -0.3 is 5.32 Å². The monoisotopic (exact) mass is 287 g/mol. The van der Waals surface area contributed by atoms with E-state index < -0.39 is 0 Å². The number of benzene rings is 1. The average molecular weight is 288 g/mol. The zero-order valence-electron chi connectivity index (χ0n) is 11.8. The molecule has 0 aliphatic heterocycles. The first-order chi connectivity index (χ1) is 8.20. The van der Waals surface area contributed by atoms with Crippen LogP contribution < -0.4 is 5.32 Å². The van der Waals surface area contributed by atoms with Crippen LogP contribution in [0.1, 0.15) is 46.1 Å². The zero-order chi connectivity index (χ0) is 13.9. The summed E-state index contributed by atoms with van der Waals surface area (Å²) in [6, 6.07) is 5.91. The Morgan fingerprint density at radius 1 is 1.11 bits per heavy atom. The smallest absolute Gasteiger partial charge is 0.0595 e. The number of nitrogens with one attached hydrogen (secondary N) is 1. The van der Waals surface area contributed by atoms with E-state index in [0.717, 1.165) is 6.54 Å². The van der Waals surface area contributed by atoms with Gasteiger partial charge in [-0.2, -0.15) is 0 Å². The molecule has 102 valence electrons. The van der Waals surface area contributed by atoms with Gasteiger partial charge >= 0.3 is 0 Å². The van der Waals surface area contributed by atoms with Gasteiger partial charge in [0, 0.05) is 5.54 Å². The van der Waals surface area contributed by atoms with Crippen molar-refractivity contribution in [2.45, 2.75) is 46.1 Å². The highest BCUT2D eigenvalue weighted by Gasteiger charge is 2.18. The highest BCUT2D eigenvalue weighted by atomic mass is 35.5. The molecule has 0 radical (unpaired) electrons. The maximum atomic E-state index is 6.06. The lowest BCUT2D eigenvalue weighted by Gasteiger charge is -2.27. The molecule has 0 bridgehead atoms. The number of halogens is 2. The molecule has 0 aliphatic rings. The fourth-order valence-electron chi connectivity index (χ4n) is 1.77. The third-order valence-corrected chi connectivity index (χ3v) is 4.02. The van der Waals surface area contributed by atoms with Gasteiger partial charge in [0.05, 0.1) is 10.0 Å². The van der Waals surface area contributed by atoms with Gasteiger partial charge in [-0.1, -0.05) is 43.1 Å². The van der Waals surface area contributed by atoms with Crippen LogP contribution in [0.5, 0.6) is 0 Å². The Kier molecular flexibility index (Phi) is 5.51. The molecule has 3 heteroatoms. The first-order valence-corrected chi connectivity index (χ1v) is 7.16. The highest BCUT2D eigenvalue weighted by Crippen LogP contribution is 2.30. The Balaban J connectivity index is 2.68. The minimum absolute atomic E-state index is 0.158. The first-order valence-electron chi connectivity index (χ1n) is 6.40. The predicted octanol–water partition coefficient (Wildman–Crippen LogP) is 5.12. The Hall–Kier alpha value is -0.240. The minimum Gasteiger partial charge on any atom is -0.312 e. The van der Waals surface area contributed by atoms with E-state index in [-0.39, 0.29) is 5.54 Å². The summed E-state index contributed by atoms with van der Waals surface area (Å²) in [6.45, 7) is 12.0. The molecular weight excluding hydrogens is 265 g/mol. The summed E-state index contributed by atoms with van der Waals surface area (Å²) in [7, 11) is 0. The summed E-state index contributed by atoms with van der Waals surface area (Å²) in [6.07, 6.45) is 0. The van der Waals surface area contributed by atoms with Crippen LogP contribution in [0.4, 0.5) is 0 Å². The largest absolute Gasteiger partial charge is 0.312 e. The van der Waals surface area contributed by atoms with E-state index in [1.165, 1.54) is 5.56 Å². The molecule has 1 rings (SSSR count). The summed E-state index contributed by atoms with van der Waals surface area (Å²) >= 11 is 12.0. The van der Waals surface area contributed by atoms with Crippen molar-refractivity contribution >= 4 is 23.2 Å². The predicted molar refractivity (Wildman–Crippen MR) is 81.8 cm³/mol. The summed E-state index contributed by atoms with van der Waals surface area (Å²) in [5.74, 6) is 0.996. The van der Waals surface area contributed by atoms with E-state index in [9.17, 15) is 0 Å². The summed E-state index contributed by atoms with van der Waals surface area (Å²) < 4.78 is 0. The van der Waals surface area contributed by atoms with Crippen molar-refractivity contribution < 1.29 is 0 Å². The Morgan fingerprint density at radius 2 is 1.72 bits per heavy atom. The third-order valence-electron chi connectivity index (χ3n) is 3.28. The number of rotatable bonds is 4. The number of hydrogen-bond donors (Lipinski definition) is 1. The fourth-order valence-corrected chi connectivity index (χ4v) is 2.07. The molecular formula is C15H23Cl2N. The maximum Gasteiger partial charge on any atom is 0.0595 e. The van der Waals surface area contributed by atoms with Crippen molar-refractivity contribution in [2.75, 3.05) is 6.54 Å². The summed E-state index contributed by atoms with van der Waals surface area (Å²) in [4.78, 5) is 0. The van der Waals surface area contributed by atoms with Gasteiger partial charge in [0.2, 0.25) is 0 Å². The van der Waals surface area contributed by atoms with Gasteiger partial charge in [-0.15, -0.1) is 0 Å². The van der Waals surface area contributed by atoms with E-state index in [4.69, 9.17) is 23.2 Å². The minimum atomic E-state index is 0.158. The van der Waals surface area contributed by atoms with E-state index in [1.807, 2.05) is 12.1 Å². The lowest BCUT2D eigenvalue weighted by molar-refractivity contribution is 0.359. The van der Waals surface area contributed by atoms with Crippen LogP contribution >= 0.6 is 23.2 Å². The lowest BCUT2D eigenvalue weighted by Crippen LogP contribution is -2.39. The van der Waals surface area contributed by atoms with E-state index in [1.54, 1.807) is 0 Å². The van der Waals surface area contributed by atoms with Crippen LogP contribution in [0.2, 0.25) is 10.0 Å². The van der Waals surface area contributed by atoms with Crippen LogP contribution in [0.3, 0.4) is 0 Å². The van der Waals surface area contributed by atoms with Crippen LogP contribution in [0.25, 0.3) is 0 Å². The number of hydrogen-bond acceptors (Lipinski definition) is 1. The fraction of sp³-hybridized carbons (Fsp3) is 0.600. The summed E-state index contributed by atoms with van der Waals surface area (Å²) in [5.41, 5.74) is 1.40. The molecule has 0 amide bonds. The molecule has 1 N–H and O–H groups in total. The van der Waals surface area contributed by atoms with Crippen LogP contribution in [0, 0.1) is 5.92 Å². The molecule has 0 fully saturated rings. The molecule has 2 unspecified atom stereocenters. The van der Waals surface area contributed by atoms with Crippen molar-refractivity contribution in [3.8, 4) is 0 Å². The van der Waals surface area contributed by atoms with Crippen molar-refractivity contribution in [3.63, 3.8) is 0 Å². The SMILES string of the molecule is CC(CNC(C)(C)C)C(C)c1ccc(Cl)c(Cl)c1. The first kappa shape index (κ1) is 15.8. The topological polar surface area (TPSA) is 12.0 Å². The second-order valence-electron chi connectivity index (χ2n) is 6.07. The quantitative estimate of drug-likeness (QED) is 0.810. The van der Waals surface area contributed by atoms with Crippen molar-refractivity contribution in [3.05, 3.63) is 33.8 Å². The van der Waals surface area contributed by atoms with E-state index >= 15 is 0 Å². The molecule has 2 atom stereocenters. The maximum absolute atomic E-state index is 6.06. The molecule has 1 aromatic carbocycles. The Bertz CT molecular complexity index is 396. The van der Waals surface area contributed by atoms with E-state index in [0.29, 0.717) is 21.9 Å². The Labute approximate surface area is 121 Å². The molecule has 0 spiro atoms. The van der Waals surface area contributed by atoms with Crippen molar-refractivity contribution in [1.82, 2.24) is 5.32 Å². The second kappa shape index (κ2) is 6.27. The van der Waals surface area contributed by atoms with Crippen molar-refractivity contribution in [1.29, 1.82) is 0 Å². The zero-order valence-corrected chi connectivity index (χ0v) is 13.4. The van der Waals surface area contributed by atoms with Gasteiger partial charge in [0.15, 0.2) is 0 Å². The van der Waals surface area contributed by atoms with Crippen molar-refractivity contribution in [2.24, 2.45) is 5.92 Å². The molecule has 1 nitrogen and oxygen atoms in total. The lowest BCUT2D eigenvalue weighted by atomic mass is 9.88. The van der Waals surface area contributed by atoms with Crippen LogP contribution in [0.15, 0.2) is 18.2 Å². The molecule has 0 heterocycles. The van der Waals surface area contributed by atoms with Crippen LogP contribution in [-0.2, 0) is 0 Å². The van der Waals surface area contributed by atoms with Gasteiger partial charge in [-0.3, -0.25) is 0 Å². The van der Waals surface area contributed by atoms with E-state index in [2.05, 4.69) is 46.0 Å². The Morgan fingerprint density at radius 3 is 2.22 bits per heavy atom.